The summed E-state index contributed by atoms with van der Waals surface area (Å²) in [5, 5.41) is 5.94. The van der Waals surface area contributed by atoms with Crippen LogP contribution in [-0.4, -0.2) is 10.2 Å². The Morgan fingerprint density at radius 2 is 2.09 bits per heavy atom. The van der Waals surface area contributed by atoms with Crippen LogP contribution in [0.3, 0.4) is 0 Å². The van der Waals surface area contributed by atoms with Crippen LogP contribution in [0.1, 0.15) is 11.3 Å². The average molecular weight is 161 g/mol. The summed E-state index contributed by atoms with van der Waals surface area (Å²) in [4.78, 5) is 0. The lowest BCUT2D eigenvalue weighted by Gasteiger charge is -2.03. The Balaban J connectivity index is 3.06. The van der Waals surface area contributed by atoms with Gasteiger partial charge in [0.05, 0.1) is 0 Å². The molecule has 0 aromatic carbocycles. The molecule has 1 radical (unpaired) electrons. The van der Waals surface area contributed by atoms with Crippen molar-refractivity contribution in [1.29, 1.82) is 0 Å². The van der Waals surface area contributed by atoms with Gasteiger partial charge in [0.15, 0.2) is 5.69 Å². The van der Waals surface area contributed by atoms with Gasteiger partial charge in [-0.25, -0.2) is 0 Å². The number of rotatable bonds is 0. The Morgan fingerprint density at radius 1 is 1.45 bits per heavy atom. The van der Waals surface area contributed by atoms with Crippen LogP contribution in [-0.2, 0) is 6.18 Å². The molecule has 0 saturated carbocycles. The van der Waals surface area contributed by atoms with E-state index >= 15 is 0 Å². The Labute approximate surface area is 61.1 Å². The van der Waals surface area contributed by atoms with Gasteiger partial charge in [-0.05, 0) is 18.6 Å². The van der Waals surface area contributed by atoms with Gasteiger partial charge in [0.1, 0.15) is 6.20 Å². The number of nitrogens with zero attached hydrogens (tertiary/aromatic N) is 2. The van der Waals surface area contributed by atoms with Crippen LogP contribution in [0.15, 0.2) is 6.07 Å². The molecular weight excluding hydrogens is 157 g/mol. The molecule has 59 valence electrons. The van der Waals surface area contributed by atoms with Gasteiger partial charge in [-0.2, -0.15) is 13.2 Å². The van der Waals surface area contributed by atoms with Crippen molar-refractivity contribution >= 4 is 0 Å². The Hall–Kier alpha value is -1.13. The van der Waals surface area contributed by atoms with Crippen molar-refractivity contribution < 1.29 is 13.2 Å². The first-order chi connectivity index (χ1) is 5.00. The van der Waals surface area contributed by atoms with Crippen LogP contribution < -0.4 is 0 Å². The number of aromatic nitrogens is 2. The summed E-state index contributed by atoms with van der Waals surface area (Å²) in [6.45, 7) is 1.48. The first-order valence-electron chi connectivity index (χ1n) is 2.79. The fourth-order valence-corrected chi connectivity index (χ4v) is 0.562. The number of alkyl halides is 3. The smallest absolute Gasteiger partial charge is 0.164 e. The molecule has 11 heavy (non-hydrogen) atoms. The number of aryl methyl sites for hydroxylation is 1. The quantitative estimate of drug-likeness (QED) is 0.577. The second-order valence-electron chi connectivity index (χ2n) is 2.02. The molecule has 2 nitrogen and oxygen atoms in total. The lowest BCUT2D eigenvalue weighted by atomic mass is 10.3. The number of hydrogen-bond donors (Lipinski definition) is 0. The summed E-state index contributed by atoms with van der Waals surface area (Å²) < 4.78 is 35.6. The molecule has 1 rings (SSSR count). The predicted molar refractivity (Wildman–Crippen MR) is 30.6 cm³/mol. The van der Waals surface area contributed by atoms with E-state index in [1.165, 1.54) is 6.92 Å². The minimum atomic E-state index is -4.41. The second-order valence-corrected chi connectivity index (χ2v) is 2.02. The highest BCUT2D eigenvalue weighted by Crippen LogP contribution is 2.26. The summed E-state index contributed by atoms with van der Waals surface area (Å²) >= 11 is 0. The van der Waals surface area contributed by atoms with Gasteiger partial charge in [-0.3, -0.25) is 0 Å². The molecule has 0 saturated heterocycles. The summed E-state index contributed by atoms with van der Waals surface area (Å²) in [6, 6.07) is 0.896. The highest BCUT2D eigenvalue weighted by Gasteiger charge is 2.32. The van der Waals surface area contributed by atoms with Crippen molar-refractivity contribution in [2.24, 2.45) is 0 Å². The van der Waals surface area contributed by atoms with E-state index in [0.29, 0.717) is 5.56 Å². The molecule has 0 spiro atoms. The normalized spacial score (nSPS) is 11.6. The molecule has 0 amide bonds. The van der Waals surface area contributed by atoms with E-state index < -0.39 is 11.9 Å². The first kappa shape index (κ1) is 7.97. The van der Waals surface area contributed by atoms with Crippen LogP contribution in [0.4, 0.5) is 13.2 Å². The van der Waals surface area contributed by atoms with Gasteiger partial charge >= 0.3 is 6.18 Å². The monoisotopic (exact) mass is 161 g/mol. The zero-order chi connectivity index (χ0) is 8.48. The van der Waals surface area contributed by atoms with Crippen molar-refractivity contribution in [3.8, 4) is 0 Å². The number of hydrogen-bond acceptors (Lipinski definition) is 2. The van der Waals surface area contributed by atoms with Crippen LogP contribution in [0.2, 0.25) is 0 Å². The van der Waals surface area contributed by atoms with E-state index in [1.54, 1.807) is 0 Å². The molecule has 0 bridgehead atoms. The summed E-state index contributed by atoms with van der Waals surface area (Å²) in [5.41, 5.74) is -0.652. The molecule has 1 heterocycles. The minimum absolute atomic E-state index is 0.326. The van der Waals surface area contributed by atoms with E-state index in [2.05, 4.69) is 16.4 Å². The van der Waals surface area contributed by atoms with Crippen LogP contribution in [0, 0.1) is 13.1 Å². The van der Waals surface area contributed by atoms with Crippen molar-refractivity contribution in [1.82, 2.24) is 10.2 Å². The highest BCUT2D eigenvalue weighted by molar-refractivity contribution is 5.11. The third-order valence-electron chi connectivity index (χ3n) is 1.03. The van der Waals surface area contributed by atoms with Crippen LogP contribution in [0.25, 0.3) is 0 Å². The maximum Gasteiger partial charge on any atom is 0.435 e. The van der Waals surface area contributed by atoms with E-state index in [4.69, 9.17) is 0 Å². The Bertz CT molecular complexity index is 256. The SMILES string of the molecule is Cc1[c]nnc(C(F)(F)F)c1. The zero-order valence-electron chi connectivity index (χ0n) is 5.61. The molecule has 0 aliphatic rings. The first-order valence-corrected chi connectivity index (χ1v) is 2.79. The standard InChI is InChI=1S/C6H4F3N2/c1-4-2-5(6(7,8)9)11-10-3-4/h2H,1H3. The van der Waals surface area contributed by atoms with Gasteiger partial charge < -0.3 is 0 Å². The lowest BCUT2D eigenvalue weighted by molar-refractivity contribution is -0.141. The van der Waals surface area contributed by atoms with Crippen LogP contribution >= 0.6 is 0 Å². The topological polar surface area (TPSA) is 25.8 Å². The maximum absolute atomic E-state index is 11.9. The molecule has 0 unspecified atom stereocenters. The molecule has 0 aliphatic carbocycles. The maximum atomic E-state index is 11.9. The summed E-state index contributed by atoms with van der Waals surface area (Å²) in [7, 11) is 0. The second kappa shape index (κ2) is 2.48. The van der Waals surface area contributed by atoms with Gasteiger partial charge in [0.2, 0.25) is 0 Å². The molecule has 0 aliphatic heterocycles. The molecule has 5 heteroatoms. The molecule has 0 atom stereocenters. The molecule has 1 aromatic heterocycles. The number of halogens is 3. The Morgan fingerprint density at radius 3 is 2.45 bits per heavy atom. The highest BCUT2D eigenvalue weighted by atomic mass is 19.4. The fourth-order valence-electron chi connectivity index (χ4n) is 0.562. The van der Waals surface area contributed by atoms with Crippen molar-refractivity contribution in [2.75, 3.05) is 0 Å². The van der Waals surface area contributed by atoms with Gasteiger partial charge in [0, 0.05) is 0 Å². The largest absolute Gasteiger partial charge is 0.435 e. The minimum Gasteiger partial charge on any atom is -0.164 e. The van der Waals surface area contributed by atoms with Crippen LogP contribution in [0.5, 0.6) is 0 Å². The van der Waals surface area contributed by atoms with Crippen molar-refractivity contribution in [3.05, 3.63) is 23.5 Å². The predicted octanol–water partition coefficient (Wildman–Crippen LogP) is 1.60. The Kier molecular flexibility index (Phi) is 1.80. The third kappa shape index (κ3) is 1.89. The van der Waals surface area contributed by atoms with Gasteiger partial charge in [-0.1, -0.05) is 0 Å². The fraction of sp³-hybridized carbons (Fsp3) is 0.333. The third-order valence-corrected chi connectivity index (χ3v) is 1.03. The molecule has 1 aromatic rings. The molecule has 0 N–H and O–H groups in total. The van der Waals surface area contributed by atoms with E-state index in [-0.39, 0.29) is 0 Å². The van der Waals surface area contributed by atoms with E-state index in [9.17, 15) is 13.2 Å². The average Bonchev–Trinajstić information content (AvgIpc) is 1.86. The van der Waals surface area contributed by atoms with E-state index in [1.807, 2.05) is 0 Å². The van der Waals surface area contributed by atoms with Gasteiger partial charge in [-0.15, -0.1) is 10.2 Å². The zero-order valence-corrected chi connectivity index (χ0v) is 5.61. The summed E-state index contributed by atoms with van der Waals surface area (Å²) in [5.74, 6) is 0. The van der Waals surface area contributed by atoms with Crippen molar-refractivity contribution in [2.45, 2.75) is 13.1 Å². The molecule has 0 fully saturated rings. The van der Waals surface area contributed by atoms with E-state index in [0.717, 1.165) is 6.07 Å². The lowest BCUT2D eigenvalue weighted by Crippen LogP contribution is -2.09. The summed E-state index contributed by atoms with van der Waals surface area (Å²) in [6.07, 6.45) is -2.13. The van der Waals surface area contributed by atoms with Crippen molar-refractivity contribution in [3.63, 3.8) is 0 Å². The van der Waals surface area contributed by atoms with Gasteiger partial charge in [0.25, 0.3) is 0 Å². The molecular formula is C6H4F3N2.